The molecule has 6 nitrogen and oxygen atoms in total. The van der Waals surface area contributed by atoms with Crippen LogP contribution in [0.25, 0.3) is 11.0 Å². The van der Waals surface area contributed by atoms with Crippen molar-refractivity contribution in [1.29, 1.82) is 5.26 Å². The number of benzene rings is 2. The molecule has 1 aromatic heterocycles. The molecule has 126 valence electrons. The average Bonchev–Trinajstić information content (AvgIpc) is 2.96. The third-order valence-electron chi connectivity index (χ3n) is 3.95. The summed E-state index contributed by atoms with van der Waals surface area (Å²) in [6.45, 7) is 2.66. The molecule has 0 amide bonds. The number of hydrogen-bond donors (Lipinski definition) is 1. The van der Waals surface area contributed by atoms with Gasteiger partial charge in [-0.2, -0.15) is 5.26 Å². The number of hydrogen-bond acceptors (Lipinski definition) is 5. The van der Waals surface area contributed by atoms with Gasteiger partial charge in [-0.15, -0.1) is 0 Å². The summed E-state index contributed by atoms with van der Waals surface area (Å²) >= 11 is 0. The van der Waals surface area contributed by atoms with Crippen LogP contribution >= 0.6 is 0 Å². The van der Waals surface area contributed by atoms with Crippen molar-refractivity contribution in [3.8, 4) is 6.07 Å². The number of nitrogens with zero attached hydrogens (tertiary/aromatic N) is 3. The Morgan fingerprint density at radius 2 is 2.04 bits per heavy atom. The summed E-state index contributed by atoms with van der Waals surface area (Å²) in [5, 5.41) is 12.1. The van der Waals surface area contributed by atoms with Crippen molar-refractivity contribution < 1.29 is 9.53 Å². The number of aromatic nitrogens is 2. The second-order valence-corrected chi connectivity index (χ2v) is 5.55. The molecule has 25 heavy (non-hydrogen) atoms. The largest absolute Gasteiger partial charge is 0.462 e. The molecule has 0 bridgehead atoms. The Hall–Kier alpha value is -3.33. The van der Waals surface area contributed by atoms with Gasteiger partial charge in [0.2, 0.25) is 0 Å². The normalized spacial score (nSPS) is 10.4. The summed E-state index contributed by atoms with van der Waals surface area (Å²) in [4.78, 5) is 16.5. The number of esters is 1. The van der Waals surface area contributed by atoms with Gasteiger partial charge in [0, 0.05) is 12.7 Å². The molecular formula is C19H18N4O2. The van der Waals surface area contributed by atoms with Crippen molar-refractivity contribution in [1.82, 2.24) is 9.55 Å². The van der Waals surface area contributed by atoms with Crippen molar-refractivity contribution in [2.45, 2.75) is 13.5 Å². The van der Waals surface area contributed by atoms with Gasteiger partial charge in [-0.1, -0.05) is 0 Å². The van der Waals surface area contributed by atoms with E-state index in [1.165, 1.54) is 0 Å². The van der Waals surface area contributed by atoms with Gasteiger partial charge in [-0.3, -0.25) is 0 Å². The summed E-state index contributed by atoms with van der Waals surface area (Å²) in [5.41, 5.74) is 3.74. The van der Waals surface area contributed by atoms with Gasteiger partial charge in [0.05, 0.1) is 41.4 Å². The van der Waals surface area contributed by atoms with E-state index in [2.05, 4.69) is 16.4 Å². The number of carbonyl (C=O) groups excluding carboxylic acids is 1. The molecule has 0 radical (unpaired) electrons. The summed E-state index contributed by atoms with van der Waals surface area (Å²) in [7, 11) is 1.94. The first-order chi connectivity index (χ1) is 12.1. The molecule has 0 fully saturated rings. The van der Waals surface area contributed by atoms with E-state index in [1.807, 2.05) is 29.8 Å². The molecule has 0 aliphatic carbocycles. The number of nitrogens with one attached hydrogen (secondary N) is 1. The first kappa shape index (κ1) is 16.5. The lowest BCUT2D eigenvalue weighted by Gasteiger charge is -2.06. The summed E-state index contributed by atoms with van der Waals surface area (Å²) in [6, 6.07) is 14.7. The summed E-state index contributed by atoms with van der Waals surface area (Å²) in [6.07, 6.45) is 0. The Kier molecular flexibility index (Phi) is 4.66. The molecule has 1 heterocycles. The van der Waals surface area contributed by atoms with Crippen LogP contribution in [0.3, 0.4) is 0 Å². The molecule has 2 aromatic carbocycles. The maximum absolute atomic E-state index is 11.9. The maximum atomic E-state index is 11.9. The molecule has 6 heteroatoms. The minimum absolute atomic E-state index is 0.340. The van der Waals surface area contributed by atoms with E-state index >= 15 is 0 Å². The highest BCUT2D eigenvalue weighted by Crippen LogP contribution is 2.18. The predicted molar refractivity (Wildman–Crippen MR) is 95.2 cm³/mol. The van der Waals surface area contributed by atoms with Gasteiger partial charge >= 0.3 is 5.97 Å². The predicted octanol–water partition coefficient (Wildman–Crippen LogP) is 3.23. The van der Waals surface area contributed by atoms with Crippen LogP contribution in [0.15, 0.2) is 42.5 Å². The number of anilines is 1. The number of ether oxygens (including phenoxy) is 1. The smallest absolute Gasteiger partial charge is 0.338 e. The zero-order chi connectivity index (χ0) is 17.8. The standard InChI is InChI=1S/C19H18N4O2/c1-3-25-19(24)14-6-9-17-16(10-14)22-18(23(17)2)12-21-15-7-4-13(11-20)5-8-15/h4-10,21H,3,12H2,1-2H3. The van der Waals surface area contributed by atoms with Gasteiger partial charge in [-0.05, 0) is 49.4 Å². The highest BCUT2D eigenvalue weighted by Gasteiger charge is 2.12. The van der Waals surface area contributed by atoms with E-state index in [4.69, 9.17) is 10.00 Å². The van der Waals surface area contributed by atoms with Crippen LogP contribution in [0.1, 0.15) is 28.7 Å². The Labute approximate surface area is 145 Å². The van der Waals surface area contributed by atoms with E-state index < -0.39 is 0 Å². The highest BCUT2D eigenvalue weighted by atomic mass is 16.5. The molecule has 0 saturated heterocycles. The third-order valence-corrected chi connectivity index (χ3v) is 3.95. The fraction of sp³-hybridized carbons (Fsp3) is 0.211. The first-order valence-electron chi connectivity index (χ1n) is 7.99. The zero-order valence-electron chi connectivity index (χ0n) is 14.1. The van der Waals surface area contributed by atoms with E-state index in [0.29, 0.717) is 24.3 Å². The van der Waals surface area contributed by atoms with Crippen molar-refractivity contribution in [2.75, 3.05) is 11.9 Å². The maximum Gasteiger partial charge on any atom is 0.338 e. The lowest BCUT2D eigenvalue weighted by atomic mass is 10.2. The van der Waals surface area contributed by atoms with Crippen LogP contribution in [0.5, 0.6) is 0 Å². The Morgan fingerprint density at radius 1 is 1.28 bits per heavy atom. The average molecular weight is 334 g/mol. The van der Waals surface area contributed by atoms with Crippen LogP contribution in [0.4, 0.5) is 5.69 Å². The number of nitriles is 1. The number of rotatable bonds is 5. The fourth-order valence-electron chi connectivity index (χ4n) is 2.59. The lowest BCUT2D eigenvalue weighted by Crippen LogP contribution is -2.05. The van der Waals surface area contributed by atoms with Gasteiger partial charge in [-0.25, -0.2) is 9.78 Å². The van der Waals surface area contributed by atoms with Crippen molar-refractivity contribution in [3.05, 3.63) is 59.4 Å². The monoisotopic (exact) mass is 334 g/mol. The summed E-state index contributed by atoms with van der Waals surface area (Å²) in [5.74, 6) is 0.507. The molecule has 1 N–H and O–H groups in total. The number of carbonyl (C=O) groups is 1. The lowest BCUT2D eigenvalue weighted by molar-refractivity contribution is 0.0526. The van der Waals surface area contributed by atoms with Gasteiger partial charge < -0.3 is 14.6 Å². The minimum atomic E-state index is -0.340. The first-order valence-corrected chi connectivity index (χ1v) is 7.99. The van der Waals surface area contributed by atoms with Crippen LogP contribution < -0.4 is 5.32 Å². The minimum Gasteiger partial charge on any atom is -0.462 e. The van der Waals surface area contributed by atoms with Gasteiger partial charge in [0.1, 0.15) is 5.82 Å². The van der Waals surface area contributed by atoms with E-state index in [9.17, 15) is 4.79 Å². The molecule has 0 aliphatic heterocycles. The van der Waals surface area contributed by atoms with Gasteiger partial charge in [0.15, 0.2) is 0 Å². The Bertz CT molecular complexity index is 952. The van der Waals surface area contributed by atoms with Crippen molar-refractivity contribution in [2.24, 2.45) is 7.05 Å². The van der Waals surface area contributed by atoms with Crippen molar-refractivity contribution in [3.63, 3.8) is 0 Å². The van der Waals surface area contributed by atoms with E-state index in [1.54, 1.807) is 31.2 Å². The Morgan fingerprint density at radius 3 is 2.72 bits per heavy atom. The van der Waals surface area contributed by atoms with Crippen LogP contribution in [-0.2, 0) is 18.3 Å². The molecule has 0 saturated carbocycles. The zero-order valence-corrected chi connectivity index (χ0v) is 14.1. The van der Waals surface area contributed by atoms with E-state index in [-0.39, 0.29) is 5.97 Å². The summed E-state index contributed by atoms with van der Waals surface area (Å²) < 4.78 is 7.02. The van der Waals surface area contributed by atoms with Crippen LogP contribution in [0.2, 0.25) is 0 Å². The third kappa shape index (κ3) is 3.45. The Balaban J connectivity index is 1.80. The molecule has 0 atom stereocenters. The molecular weight excluding hydrogens is 316 g/mol. The van der Waals surface area contributed by atoms with Crippen LogP contribution in [-0.4, -0.2) is 22.1 Å². The van der Waals surface area contributed by atoms with E-state index in [0.717, 1.165) is 22.5 Å². The number of imidazole rings is 1. The molecule has 3 rings (SSSR count). The highest BCUT2D eigenvalue weighted by molar-refractivity contribution is 5.93. The molecule has 0 spiro atoms. The van der Waals surface area contributed by atoms with Crippen LogP contribution in [0, 0.1) is 11.3 Å². The SMILES string of the molecule is CCOC(=O)c1ccc2c(c1)nc(CNc1ccc(C#N)cc1)n2C. The molecule has 3 aromatic rings. The second-order valence-electron chi connectivity index (χ2n) is 5.55. The molecule has 0 unspecified atom stereocenters. The van der Waals surface area contributed by atoms with Gasteiger partial charge in [0.25, 0.3) is 0 Å². The number of aryl methyl sites for hydroxylation is 1. The second kappa shape index (κ2) is 7.05. The molecule has 0 aliphatic rings. The van der Waals surface area contributed by atoms with Crippen molar-refractivity contribution >= 4 is 22.7 Å². The fourth-order valence-corrected chi connectivity index (χ4v) is 2.59. The number of fused-ring (bicyclic) bond motifs is 1. The quantitative estimate of drug-likeness (QED) is 0.725. The topological polar surface area (TPSA) is 79.9 Å².